The van der Waals surface area contributed by atoms with E-state index in [2.05, 4.69) is 10.6 Å². The van der Waals surface area contributed by atoms with Crippen LogP contribution >= 0.6 is 11.3 Å². The first kappa shape index (κ1) is 18.7. The van der Waals surface area contributed by atoms with Crippen molar-refractivity contribution in [2.45, 2.75) is 13.8 Å². The normalized spacial score (nSPS) is 10.3. The van der Waals surface area contributed by atoms with Gasteiger partial charge in [-0.15, -0.1) is 11.3 Å². The summed E-state index contributed by atoms with van der Waals surface area (Å²) in [5.74, 6) is 0.119. The van der Waals surface area contributed by atoms with Gasteiger partial charge in [0.25, 0.3) is 11.8 Å². The fraction of sp³-hybridized carbons (Fsp3) is 0.143. The number of para-hydroxylation sites is 1. The quantitative estimate of drug-likeness (QED) is 0.663. The van der Waals surface area contributed by atoms with Crippen LogP contribution in [0, 0.1) is 13.8 Å². The van der Waals surface area contributed by atoms with Gasteiger partial charge in [-0.2, -0.15) is 0 Å². The molecule has 2 amide bonds. The maximum Gasteiger partial charge on any atom is 0.257 e. The van der Waals surface area contributed by atoms with Crippen molar-refractivity contribution < 1.29 is 14.3 Å². The lowest BCUT2D eigenvalue weighted by atomic mass is 10.1. The van der Waals surface area contributed by atoms with Crippen molar-refractivity contribution in [2.75, 3.05) is 17.7 Å². The van der Waals surface area contributed by atoms with Gasteiger partial charge in [-0.25, -0.2) is 0 Å². The number of hydrogen-bond acceptors (Lipinski definition) is 4. The van der Waals surface area contributed by atoms with E-state index in [-0.39, 0.29) is 11.8 Å². The summed E-state index contributed by atoms with van der Waals surface area (Å²) in [6.45, 7) is 3.87. The molecule has 0 saturated carbocycles. The van der Waals surface area contributed by atoms with Gasteiger partial charge < -0.3 is 15.4 Å². The van der Waals surface area contributed by atoms with Crippen LogP contribution in [-0.4, -0.2) is 18.9 Å². The summed E-state index contributed by atoms with van der Waals surface area (Å²) in [5, 5.41) is 5.69. The number of ether oxygens (including phenoxy) is 1. The highest BCUT2D eigenvalue weighted by atomic mass is 32.1. The second-order valence-corrected chi connectivity index (χ2v) is 7.47. The molecule has 1 aromatic heterocycles. The van der Waals surface area contributed by atoms with Gasteiger partial charge in [-0.1, -0.05) is 18.2 Å². The molecule has 0 aliphatic rings. The molecule has 138 valence electrons. The van der Waals surface area contributed by atoms with Gasteiger partial charge in [0.1, 0.15) is 5.75 Å². The first-order chi connectivity index (χ1) is 13.0. The number of nitrogens with one attached hydrogen (secondary N) is 2. The fourth-order valence-electron chi connectivity index (χ4n) is 2.74. The van der Waals surface area contributed by atoms with E-state index in [1.54, 1.807) is 67.0 Å². The molecule has 3 aromatic rings. The number of methoxy groups -OCH3 is 1. The lowest BCUT2D eigenvalue weighted by Crippen LogP contribution is -2.18. The summed E-state index contributed by atoms with van der Waals surface area (Å²) < 4.78 is 5.17. The molecule has 2 aromatic carbocycles. The van der Waals surface area contributed by atoms with E-state index in [1.165, 1.54) is 0 Å². The highest BCUT2D eigenvalue weighted by Crippen LogP contribution is 2.24. The Kier molecular flexibility index (Phi) is 5.57. The van der Waals surface area contributed by atoms with Crippen LogP contribution < -0.4 is 15.4 Å². The van der Waals surface area contributed by atoms with Gasteiger partial charge >= 0.3 is 0 Å². The number of carbonyl (C=O) groups is 2. The molecule has 0 fully saturated rings. The van der Waals surface area contributed by atoms with Gasteiger partial charge in [0, 0.05) is 21.5 Å². The largest absolute Gasteiger partial charge is 0.497 e. The van der Waals surface area contributed by atoms with E-state index in [0.29, 0.717) is 28.3 Å². The summed E-state index contributed by atoms with van der Waals surface area (Å²) in [6, 6.07) is 15.9. The minimum Gasteiger partial charge on any atom is -0.497 e. The number of rotatable bonds is 5. The second-order valence-electron chi connectivity index (χ2n) is 6.01. The second kappa shape index (κ2) is 8.05. The van der Waals surface area contributed by atoms with Gasteiger partial charge in [-0.3, -0.25) is 9.59 Å². The standard InChI is InChI=1S/C21H20N2O3S/c1-13-11-18(14(2)27-13)21(25)23-19-10-5-4-9-17(19)20(24)22-15-7-6-8-16(12-15)26-3/h4-12H,1-3H3,(H,22,24)(H,23,25). The third kappa shape index (κ3) is 4.35. The van der Waals surface area contributed by atoms with E-state index in [9.17, 15) is 9.59 Å². The van der Waals surface area contributed by atoms with Crippen LogP contribution in [0.4, 0.5) is 11.4 Å². The molecule has 0 saturated heterocycles. The maximum absolute atomic E-state index is 12.7. The summed E-state index contributed by atoms with van der Waals surface area (Å²) in [4.78, 5) is 27.4. The van der Waals surface area contributed by atoms with Crippen LogP contribution in [0.2, 0.25) is 0 Å². The van der Waals surface area contributed by atoms with Crippen LogP contribution in [0.5, 0.6) is 5.75 Å². The smallest absolute Gasteiger partial charge is 0.257 e. The number of carbonyl (C=O) groups excluding carboxylic acids is 2. The topological polar surface area (TPSA) is 67.4 Å². The molecule has 3 rings (SSSR count). The molecule has 0 radical (unpaired) electrons. The van der Waals surface area contributed by atoms with Crippen molar-refractivity contribution >= 4 is 34.5 Å². The van der Waals surface area contributed by atoms with E-state index in [0.717, 1.165) is 9.75 Å². The number of hydrogen-bond donors (Lipinski definition) is 2. The molecule has 2 N–H and O–H groups in total. The van der Waals surface area contributed by atoms with Crippen molar-refractivity contribution in [1.29, 1.82) is 0 Å². The Labute approximate surface area is 162 Å². The first-order valence-electron chi connectivity index (χ1n) is 8.40. The van der Waals surface area contributed by atoms with Crippen LogP contribution in [0.25, 0.3) is 0 Å². The summed E-state index contributed by atoms with van der Waals surface area (Å²) in [7, 11) is 1.57. The third-order valence-electron chi connectivity index (χ3n) is 4.03. The molecule has 0 aliphatic carbocycles. The Morgan fingerprint density at radius 2 is 1.63 bits per heavy atom. The highest BCUT2D eigenvalue weighted by Gasteiger charge is 2.16. The molecular formula is C21H20N2O3S. The minimum absolute atomic E-state index is 0.224. The molecule has 0 bridgehead atoms. The third-order valence-corrected chi connectivity index (χ3v) is 5.00. The van der Waals surface area contributed by atoms with Gasteiger partial charge in [0.2, 0.25) is 0 Å². The molecule has 27 heavy (non-hydrogen) atoms. The zero-order chi connectivity index (χ0) is 19.4. The molecule has 1 heterocycles. The predicted molar refractivity (Wildman–Crippen MR) is 109 cm³/mol. The van der Waals surface area contributed by atoms with Crippen molar-refractivity contribution in [2.24, 2.45) is 0 Å². The van der Waals surface area contributed by atoms with Gasteiger partial charge in [-0.05, 0) is 44.2 Å². The average molecular weight is 380 g/mol. The number of anilines is 2. The zero-order valence-electron chi connectivity index (χ0n) is 15.3. The lowest BCUT2D eigenvalue weighted by Gasteiger charge is -2.12. The monoisotopic (exact) mass is 380 g/mol. The number of amides is 2. The number of aryl methyl sites for hydroxylation is 2. The van der Waals surface area contributed by atoms with Crippen LogP contribution in [0.1, 0.15) is 30.5 Å². The Balaban J connectivity index is 1.81. The summed E-state index contributed by atoms with van der Waals surface area (Å²) in [6.07, 6.45) is 0. The number of thiophene rings is 1. The van der Waals surface area contributed by atoms with Crippen molar-refractivity contribution in [3.05, 3.63) is 75.5 Å². The van der Waals surface area contributed by atoms with Gasteiger partial charge in [0.05, 0.1) is 23.9 Å². The molecule has 6 heteroatoms. The van der Waals surface area contributed by atoms with Crippen molar-refractivity contribution in [3.8, 4) is 5.75 Å². The van der Waals surface area contributed by atoms with Crippen molar-refractivity contribution in [3.63, 3.8) is 0 Å². The molecule has 0 aliphatic heterocycles. The first-order valence-corrected chi connectivity index (χ1v) is 9.22. The van der Waals surface area contributed by atoms with E-state index in [4.69, 9.17) is 4.74 Å². The van der Waals surface area contributed by atoms with Crippen LogP contribution in [0.3, 0.4) is 0 Å². The van der Waals surface area contributed by atoms with Crippen LogP contribution in [-0.2, 0) is 0 Å². The van der Waals surface area contributed by atoms with E-state index in [1.807, 2.05) is 19.9 Å². The Hall–Kier alpha value is -3.12. The lowest BCUT2D eigenvalue weighted by molar-refractivity contribution is 0.102. The average Bonchev–Trinajstić information content (AvgIpc) is 3.00. The van der Waals surface area contributed by atoms with Crippen molar-refractivity contribution in [1.82, 2.24) is 0 Å². The predicted octanol–water partition coefficient (Wildman–Crippen LogP) is 4.88. The minimum atomic E-state index is -0.308. The molecule has 0 spiro atoms. The Morgan fingerprint density at radius 1 is 0.889 bits per heavy atom. The van der Waals surface area contributed by atoms with Crippen LogP contribution in [0.15, 0.2) is 54.6 Å². The highest BCUT2D eigenvalue weighted by molar-refractivity contribution is 7.12. The summed E-state index contributed by atoms with van der Waals surface area (Å²) >= 11 is 1.57. The number of benzene rings is 2. The Morgan fingerprint density at radius 3 is 2.33 bits per heavy atom. The fourth-order valence-corrected chi connectivity index (χ4v) is 3.66. The summed E-state index contributed by atoms with van der Waals surface area (Å²) in [5.41, 5.74) is 2.09. The van der Waals surface area contributed by atoms with Gasteiger partial charge in [0.15, 0.2) is 0 Å². The Bertz CT molecular complexity index is 995. The SMILES string of the molecule is COc1cccc(NC(=O)c2ccccc2NC(=O)c2cc(C)sc2C)c1. The van der Waals surface area contributed by atoms with E-state index < -0.39 is 0 Å². The molecular weight excluding hydrogens is 360 g/mol. The van der Waals surface area contributed by atoms with E-state index >= 15 is 0 Å². The molecule has 5 nitrogen and oxygen atoms in total. The zero-order valence-corrected chi connectivity index (χ0v) is 16.1. The maximum atomic E-state index is 12.7. The molecule has 0 atom stereocenters. The molecule has 0 unspecified atom stereocenters.